The molecule has 0 saturated carbocycles. The molecule has 0 bridgehead atoms. The quantitative estimate of drug-likeness (QED) is 0.128. The van der Waals surface area contributed by atoms with Gasteiger partial charge in [0.1, 0.15) is 0 Å². The Hall–Kier alpha value is -0.320. The molecule has 0 rings (SSSR count). The Morgan fingerprint density at radius 1 is 0.769 bits per heavy atom. The summed E-state index contributed by atoms with van der Waals surface area (Å²) in [5.41, 5.74) is 0. The standard InChI is InChI=1S/C21H38O4.Na/c1-3-5-6-7-8-9-10-11-12-13-14-15-16-17-19(22)18-20(23)21(24)25-4-2;/h18,23H,3-17H2,1-2H3;/q;+1/p-1. The van der Waals surface area contributed by atoms with Crippen LogP contribution in [0.2, 0.25) is 0 Å². The SMILES string of the molecule is CCCCCCCCCCCCCCCC(=O)C=C([O-])C(=O)OCC.[Na+]. The third kappa shape index (κ3) is 18.5. The molecule has 0 unspecified atom stereocenters. The molecular formula is C21H37NaO4. The second-order valence-electron chi connectivity index (χ2n) is 6.69. The number of esters is 1. The van der Waals surface area contributed by atoms with Gasteiger partial charge in [-0.15, -0.1) is 0 Å². The van der Waals surface area contributed by atoms with Crippen molar-refractivity contribution in [3.63, 3.8) is 0 Å². The Kier molecular flexibility index (Phi) is 22.5. The summed E-state index contributed by atoms with van der Waals surface area (Å²) in [6, 6.07) is 0. The first kappa shape index (κ1) is 27.9. The minimum atomic E-state index is -0.943. The number of hydrogen-bond acceptors (Lipinski definition) is 4. The summed E-state index contributed by atoms with van der Waals surface area (Å²) in [5.74, 6) is -2.07. The molecule has 0 spiro atoms. The fourth-order valence-corrected chi connectivity index (χ4v) is 2.80. The number of unbranched alkanes of at least 4 members (excludes halogenated alkanes) is 12. The third-order valence-electron chi connectivity index (χ3n) is 4.30. The average Bonchev–Trinajstić information content (AvgIpc) is 2.59. The maximum Gasteiger partial charge on any atom is 1.00 e. The van der Waals surface area contributed by atoms with Crippen molar-refractivity contribution in [1.82, 2.24) is 0 Å². The van der Waals surface area contributed by atoms with E-state index in [1.54, 1.807) is 6.92 Å². The van der Waals surface area contributed by atoms with Crippen LogP contribution in [0.1, 0.15) is 104 Å². The topological polar surface area (TPSA) is 66.4 Å². The largest absolute Gasteiger partial charge is 1.00 e. The molecule has 0 saturated heterocycles. The number of ether oxygens (including phenoxy) is 1. The molecule has 4 nitrogen and oxygen atoms in total. The molecule has 0 fully saturated rings. The number of carbonyl (C=O) groups excluding carboxylic acids is 2. The Morgan fingerprint density at radius 3 is 1.62 bits per heavy atom. The Bertz CT molecular complexity index is 380. The van der Waals surface area contributed by atoms with Gasteiger partial charge in [-0.05, 0) is 25.2 Å². The smallest absolute Gasteiger partial charge is 0.868 e. The molecule has 0 aliphatic carbocycles. The number of carbonyl (C=O) groups is 2. The molecule has 0 aromatic rings. The van der Waals surface area contributed by atoms with Crippen LogP contribution in [-0.2, 0) is 14.3 Å². The van der Waals surface area contributed by atoms with Crippen LogP contribution < -0.4 is 34.7 Å². The molecule has 0 aromatic heterocycles. The summed E-state index contributed by atoms with van der Waals surface area (Å²) in [4.78, 5) is 22.7. The van der Waals surface area contributed by atoms with Crippen molar-refractivity contribution in [3.8, 4) is 0 Å². The van der Waals surface area contributed by atoms with Gasteiger partial charge in [0.15, 0.2) is 5.78 Å². The van der Waals surface area contributed by atoms with Crippen LogP contribution in [0.4, 0.5) is 0 Å². The van der Waals surface area contributed by atoms with E-state index < -0.39 is 11.7 Å². The van der Waals surface area contributed by atoms with Crippen molar-refractivity contribution in [3.05, 3.63) is 11.8 Å². The summed E-state index contributed by atoms with van der Waals surface area (Å²) in [5, 5.41) is 11.3. The fraction of sp³-hybridized carbons (Fsp3) is 0.810. The van der Waals surface area contributed by atoms with Gasteiger partial charge in [-0.3, -0.25) is 4.79 Å². The van der Waals surface area contributed by atoms with Crippen molar-refractivity contribution in [1.29, 1.82) is 0 Å². The van der Waals surface area contributed by atoms with Crippen molar-refractivity contribution >= 4 is 11.8 Å². The number of rotatable bonds is 17. The molecule has 0 aromatic carbocycles. The molecule has 5 heteroatoms. The first-order chi connectivity index (χ1) is 12.1. The minimum Gasteiger partial charge on any atom is -0.868 e. The van der Waals surface area contributed by atoms with E-state index in [-0.39, 0.29) is 41.9 Å². The van der Waals surface area contributed by atoms with Gasteiger partial charge in [0.25, 0.3) is 0 Å². The van der Waals surface area contributed by atoms with Crippen LogP contribution in [0.15, 0.2) is 11.8 Å². The van der Waals surface area contributed by atoms with E-state index in [1.165, 1.54) is 64.2 Å². The predicted octanol–water partition coefficient (Wildman–Crippen LogP) is 1.85. The van der Waals surface area contributed by atoms with Crippen LogP contribution in [0, 0.1) is 0 Å². The molecule has 0 radical (unpaired) electrons. The van der Waals surface area contributed by atoms with Gasteiger partial charge in [0.05, 0.1) is 6.61 Å². The average molecular weight is 377 g/mol. The minimum absolute atomic E-state index is 0. The van der Waals surface area contributed by atoms with Gasteiger partial charge in [-0.2, -0.15) is 0 Å². The van der Waals surface area contributed by atoms with Gasteiger partial charge in [0.2, 0.25) is 0 Å². The van der Waals surface area contributed by atoms with Crippen molar-refractivity contribution in [2.24, 2.45) is 0 Å². The van der Waals surface area contributed by atoms with Gasteiger partial charge >= 0.3 is 35.5 Å². The van der Waals surface area contributed by atoms with Gasteiger partial charge in [-0.25, -0.2) is 4.79 Å². The van der Waals surface area contributed by atoms with Crippen LogP contribution >= 0.6 is 0 Å². The van der Waals surface area contributed by atoms with E-state index in [1.807, 2.05) is 0 Å². The fourth-order valence-electron chi connectivity index (χ4n) is 2.80. The summed E-state index contributed by atoms with van der Waals surface area (Å²) < 4.78 is 4.55. The van der Waals surface area contributed by atoms with E-state index in [4.69, 9.17) is 0 Å². The number of ketones is 1. The second-order valence-corrected chi connectivity index (χ2v) is 6.69. The molecule has 26 heavy (non-hydrogen) atoms. The first-order valence-electron chi connectivity index (χ1n) is 10.2. The first-order valence-corrected chi connectivity index (χ1v) is 10.2. The molecule has 0 amide bonds. The molecule has 0 heterocycles. The van der Waals surface area contributed by atoms with Gasteiger partial charge < -0.3 is 9.84 Å². The van der Waals surface area contributed by atoms with Crippen LogP contribution in [0.3, 0.4) is 0 Å². The Balaban J connectivity index is 0. The zero-order chi connectivity index (χ0) is 18.8. The molecule has 0 N–H and O–H groups in total. The van der Waals surface area contributed by atoms with Crippen LogP contribution in [0.5, 0.6) is 0 Å². The third-order valence-corrected chi connectivity index (χ3v) is 4.30. The van der Waals surface area contributed by atoms with E-state index in [2.05, 4.69) is 11.7 Å². The molecule has 146 valence electrons. The summed E-state index contributed by atoms with van der Waals surface area (Å²) in [7, 11) is 0. The molecule has 0 atom stereocenters. The number of allylic oxidation sites excluding steroid dienone is 1. The van der Waals surface area contributed by atoms with Crippen LogP contribution in [0.25, 0.3) is 0 Å². The van der Waals surface area contributed by atoms with Crippen molar-refractivity contribution in [2.75, 3.05) is 6.61 Å². The maximum absolute atomic E-state index is 11.6. The van der Waals surface area contributed by atoms with E-state index in [0.717, 1.165) is 25.3 Å². The van der Waals surface area contributed by atoms with Crippen molar-refractivity contribution < 1.29 is 49.0 Å². The molecular weight excluding hydrogens is 339 g/mol. The zero-order valence-electron chi connectivity index (χ0n) is 17.3. The second kappa shape index (κ2) is 21.0. The Morgan fingerprint density at radius 2 is 1.19 bits per heavy atom. The zero-order valence-corrected chi connectivity index (χ0v) is 19.3. The normalized spacial score (nSPS) is 11.1. The molecule has 0 aliphatic rings. The van der Waals surface area contributed by atoms with E-state index in [9.17, 15) is 14.7 Å². The van der Waals surface area contributed by atoms with Gasteiger partial charge in [-0.1, -0.05) is 84.0 Å². The number of hydrogen-bond donors (Lipinski definition) is 0. The van der Waals surface area contributed by atoms with E-state index >= 15 is 0 Å². The predicted molar refractivity (Wildman–Crippen MR) is 100 cm³/mol. The van der Waals surface area contributed by atoms with Gasteiger partial charge in [0, 0.05) is 6.42 Å². The molecule has 0 aliphatic heterocycles. The summed E-state index contributed by atoms with van der Waals surface area (Å²) >= 11 is 0. The monoisotopic (exact) mass is 376 g/mol. The summed E-state index contributed by atoms with van der Waals surface area (Å²) in [6.45, 7) is 4.02. The summed E-state index contributed by atoms with van der Waals surface area (Å²) in [6.07, 6.45) is 17.5. The van der Waals surface area contributed by atoms with Crippen LogP contribution in [-0.4, -0.2) is 18.4 Å². The Labute approximate surface area is 182 Å². The van der Waals surface area contributed by atoms with Crippen molar-refractivity contribution in [2.45, 2.75) is 104 Å². The van der Waals surface area contributed by atoms with E-state index in [0.29, 0.717) is 6.42 Å². The maximum atomic E-state index is 11.6.